The van der Waals surface area contributed by atoms with Gasteiger partial charge in [0.25, 0.3) is 0 Å². The van der Waals surface area contributed by atoms with Crippen LogP contribution in [0.25, 0.3) is 10.9 Å². The van der Waals surface area contributed by atoms with Gasteiger partial charge in [0.1, 0.15) is 18.6 Å². The van der Waals surface area contributed by atoms with Crippen LogP contribution in [0.1, 0.15) is 18.9 Å². The Morgan fingerprint density at radius 1 is 1.42 bits per heavy atom. The SMILES string of the molecule is CCOC(=O)CC#Cc1ccc2ncnc(N)c2c1. The average molecular weight is 255 g/mol. The third-order valence-electron chi connectivity index (χ3n) is 2.44. The van der Waals surface area contributed by atoms with E-state index in [1.807, 2.05) is 18.2 Å². The molecule has 19 heavy (non-hydrogen) atoms. The number of ether oxygens (including phenoxy) is 1. The molecule has 2 aromatic rings. The van der Waals surface area contributed by atoms with E-state index >= 15 is 0 Å². The molecule has 1 aromatic heterocycles. The number of aromatic nitrogens is 2. The number of esters is 1. The van der Waals surface area contributed by atoms with Crippen LogP contribution in [0.15, 0.2) is 24.5 Å². The molecule has 96 valence electrons. The average Bonchev–Trinajstić information content (AvgIpc) is 2.40. The van der Waals surface area contributed by atoms with E-state index in [0.717, 1.165) is 16.5 Å². The molecule has 0 unspecified atom stereocenters. The second-order valence-electron chi connectivity index (χ2n) is 3.77. The molecule has 0 saturated carbocycles. The first-order valence-electron chi connectivity index (χ1n) is 5.85. The normalized spacial score (nSPS) is 9.74. The number of fused-ring (bicyclic) bond motifs is 1. The van der Waals surface area contributed by atoms with Crippen molar-refractivity contribution in [3.8, 4) is 11.8 Å². The van der Waals surface area contributed by atoms with Gasteiger partial charge in [-0.1, -0.05) is 11.8 Å². The van der Waals surface area contributed by atoms with Gasteiger partial charge in [-0.15, -0.1) is 0 Å². The molecule has 1 aromatic carbocycles. The van der Waals surface area contributed by atoms with Crippen molar-refractivity contribution in [3.05, 3.63) is 30.1 Å². The van der Waals surface area contributed by atoms with E-state index in [0.29, 0.717) is 12.4 Å². The predicted octanol–water partition coefficient (Wildman–Crippen LogP) is 1.52. The number of anilines is 1. The van der Waals surface area contributed by atoms with Gasteiger partial charge in [-0.2, -0.15) is 0 Å². The molecule has 0 spiro atoms. The smallest absolute Gasteiger partial charge is 0.317 e. The number of hydrogen-bond acceptors (Lipinski definition) is 5. The topological polar surface area (TPSA) is 78.1 Å². The lowest BCUT2D eigenvalue weighted by molar-refractivity contribution is -0.141. The fourth-order valence-corrected chi connectivity index (χ4v) is 1.58. The molecule has 0 aliphatic heterocycles. The Morgan fingerprint density at radius 2 is 2.26 bits per heavy atom. The van der Waals surface area contributed by atoms with Gasteiger partial charge in [0.05, 0.1) is 12.1 Å². The number of rotatable bonds is 2. The molecular formula is C14H13N3O2. The Bertz CT molecular complexity index is 671. The van der Waals surface area contributed by atoms with E-state index in [2.05, 4.69) is 21.8 Å². The molecule has 0 radical (unpaired) electrons. The lowest BCUT2D eigenvalue weighted by Gasteiger charge is -2.00. The van der Waals surface area contributed by atoms with Crippen LogP contribution in [0.2, 0.25) is 0 Å². The minimum absolute atomic E-state index is 0.0760. The molecule has 2 N–H and O–H groups in total. The summed E-state index contributed by atoms with van der Waals surface area (Å²) in [6.07, 6.45) is 1.50. The summed E-state index contributed by atoms with van der Waals surface area (Å²) in [4.78, 5) is 19.2. The van der Waals surface area contributed by atoms with E-state index in [4.69, 9.17) is 10.5 Å². The number of benzene rings is 1. The Kier molecular flexibility index (Phi) is 3.94. The summed E-state index contributed by atoms with van der Waals surface area (Å²) in [7, 11) is 0. The maximum absolute atomic E-state index is 11.1. The van der Waals surface area contributed by atoms with Gasteiger partial charge in [0, 0.05) is 10.9 Å². The van der Waals surface area contributed by atoms with Crippen molar-refractivity contribution in [3.63, 3.8) is 0 Å². The first-order chi connectivity index (χ1) is 9.20. The highest BCUT2D eigenvalue weighted by Crippen LogP contribution is 2.17. The Morgan fingerprint density at radius 3 is 3.05 bits per heavy atom. The number of carbonyl (C=O) groups excluding carboxylic acids is 1. The molecule has 0 amide bonds. The zero-order chi connectivity index (χ0) is 13.7. The maximum Gasteiger partial charge on any atom is 0.317 e. The van der Waals surface area contributed by atoms with Gasteiger partial charge in [0.15, 0.2) is 0 Å². The Labute approximate surface area is 110 Å². The molecule has 0 atom stereocenters. The van der Waals surface area contributed by atoms with Gasteiger partial charge in [-0.3, -0.25) is 4.79 Å². The van der Waals surface area contributed by atoms with Gasteiger partial charge in [-0.25, -0.2) is 9.97 Å². The number of nitrogens with zero attached hydrogens (tertiary/aromatic N) is 2. The van der Waals surface area contributed by atoms with Crippen LogP contribution in [0.4, 0.5) is 5.82 Å². The van der Waals surface area contributed by atoms with Crippen molar-refractivity contribution < 1.29 is 9.53 Å². The molecule has 5 heteroatoms. The van der Waals surface area contributed by atoms with E-state index in [-0.39, 0.29) is 12.4 Å². The van der Waals surface area contributed by atoms with Gasteiger partial charge < -0.3 is 10.5 Å². The van der Waals surface area contributed by atoms with Crippen molar-refractivity contribution in [2.75, 3.05) is 12.3 Å². The van der Waals surface area contributed by atoms with Crippen LogP contribution in [-0.2, 0) is 9.53 Å². The highest BCUT2D eigenvalue weighted by Gasteiger charge is 2.00. The summed E-state index contributed by atoms with van der Waals surface area (Å²) >= 11 is 0. The molecule has 5 nitrogen and oxygen atoms in total. The van der Waals surface area contributed by atoms with Gasteiger partial charge in [0.2, 0.25) is 0 Å². The highest BCUT2D eigenvalue weighted by molar-refractivity contribution is 5.88. The molecule has 1 heterocycles. The molecule has 2 rings (SSSR count). The molecule has 0 fully saturated rings. The van der Waals surface area contributed by atoms with E-state index < -0.39 is 0 Å². The molecule has 0 saturated heterocycles. The van der Waals surface area contributed by atoms with Crippen molar-refractivity contribution in [1.29, 1.82) is 0 Å². The fourth-order valence-electron chi connectivity index (χ4n) is 1.58. The number of nitrogens with two attached hydrogens (primary N) is 1. The zero-order valence-corrected chi connectivity index (χ0v) is 10.5. The van der Waals surface area contributed by atoms with Crippen LogP contribution in [0, 0.1) is 11.8 Å². The summed E-state index contributed by atoms with van der Waals surface area (Å²) in [5.41, 5.74) is 7.30. The quantitative estimate of drug-likeness (QED) is 0.650. The van der Waals surface area contributed by atoms with Crippen molar-refractivity contribution in [1.82, 2.24) is 9.97 Å². The number of hydrogen-bond donors (Lipinski definition) is 1. The number of nitrogen functional groups attached to an aromatic ring is 1. The van der Waals surface area contributed by atoms with Crippen LogP contribution >= 0.6 is 0 Å². The lowest BCUT2D eigenvalue weighted by atomic mass is 10.1. The molecule has 0 aliphatic carbocycles. The van der Waals surface area contributed by atoms with Crippen LogP contribution in [0.5, 0.6) is 0 Å². The molecular weight excluding hydrogens is 242 g/mol. The van der Waals surface area contributed by atoms with Crippen molar-refractivity contribution in [2.45, 2.75) is 13.3 Å². The minimum atomic E-state index is -0.321. The largest absolute Gasteiger partial charge is 0.465 e. The van der Waals surface area contributed by atoms with Crippen molar-refractivity contribution >= 4 is 22.7 Å². The summed E-state index contributed by atoms with van der Waals surface area (Å²) in [6.45, 7) is 2.13. The molecule has 0 aliphatic rings. The first kappa shape index (κ1) is 12.8. The monoisotopic (exact) mass is 255 g/mol. The van der Waals surface area contributed by atoms with Crippen LogP contribution in [0.3, 0.4) is 0 Å². The second-order valence-corrected chi connectivity index (χ2v) is 3.77. The van der Waals surface area contributed by atoms with E-state index in [9.17, 15) is 4.79 Å². The first-order valence-corrected chi connectivity index (χ1v) is 5.85. The minimum Gasteiger partial charge on any atom is -0.465 e. The summed E-state index contributed by atoms with van der Waals surface area (Å²) in [6, 6.07) is 5.46. The Balaban J connectivity index is 2.20. The lowest BCUT2D eigenvalue weighted by Crippen LogP contribution is -2.01. The van der Waals surface area contributed by atoms with E-state index in [1.54, 1.807) is 6.92 Å². The summed E-state index contributed by atoms with van der Waals surface area (Å²) in [5.74, 6) is 5.75. The van der Waals surface area contributed by atoms with Crippen molar-refractivity contribution in [2.24, 2.45) is 0 Å². The second kappa shape index (κ2) is 5.83. The zero-order valence-electron chi connectivity index (χ0n) is 10.5. The van der Waals surface area contributed by atoms with Crippen LogP contribution in [-0.4, -0.2) is 22.5 Å². The fraction of sp³-hybridized carbons (Fsp3) is 0.214. The molecule has 0 bridgehead atoms. The van der Waals surface area contributed by atoms with Gasteiger partial charge in [-0.05, 0) is 25.1 Å². The predicted molar refractivity (Wildman–Crippen MR) is 72.1 cm³/mol. The van der Waals surface area contributed by atoms with Crippen LogP contribution < -0.4 is 5.73 Å². The number of carbonyl (C=O) groups is 1. The Hall–Kier alpha value is -2.61. The maximum atomic E-state index is 11.1. The summed E-state index contributed by atoms with van der Waals surface area (Å²) < 4.78 is 4.79. The third kappa shape index (κ3) is 3.19. The third-order valence-corrected chi connectivity index (χ3v) is 2.44. The van der Waals surface area contributed by atoms with Gasteiger partial charge >= 0.3 is 5.97 Å². The summed E-state index contributed by atoms with van der Waals surface area (Å²) in [5, 5.41) is 0.755. The van der Waals surface area contributed by atoms with E-state index in [1.165, 1.54) is 6.33 Å². The highest BCUT2D eigenvalue weighted by atomic mass is 16.5. The standard InChI is InChI=1S/C14H13N3O2/c1-2-19-13(18)5-3-4-10-6-7-12-11(8-10)14(15)17-9-16-12/h6-9H,2,5H2,1H3,(H2,15,16,17).